The van der Waals surface area contributed by atoms with E-state index in [1.165, 1.54) is 18.1 Å². The van der Waals surface area contributed by atoms with Crippen molar-refractivity contribution in [2.45, 2.75) is 31.0 Å². The fraction of sp³-hybridized carbons (Fsp3) is 0.458. The van der Waals surface area contributed by atoms with Gasteiger partial charge < -0.3 is 30.9 Å². The van der Waals surface area contributed by atoms with Gasteiger partial charge in [0.2, 0.25) is 5.78 Å². The Morgan fingerprint density at radius 1 is 1.25 bits per heavy atom. The molecule has 1 fully saturated rings. The molecule has 0 radical (unpaired) electrons. The van der Waals surface area contributed by atoms with Gasteiger partial charge in [0.05, 0.1) is 18.3 Å². The molecule has 3 aliphatic carbocycles. The van der Waals surface area contributed by atoms with Gasteiger partial charge in [0, 0.05) is 25.1 Å². The fourth-order valence-electron chi connectivity index (χ4n) is 5.76. The molecule has 0 aromatic heterocycles. The highest BCUT2D eigenvalue weighted by Gasteiger charge is 2.64. The van der Waals surface area contributed by atoms with Crippen LogP contribution in [0.2, 0.25) is 0 Å². The topological polar surface area (TPSA) is 183 Å². The highest BCUT2D eigenvalue weighted by atomic mass is 35.5. The average Bonchev–Trinajstić information content (AvgIpc) is 2.77. The molecule has 1 saturated carbocycles. The second-order valence-electron chi connectivity index (χ2n) is 9.42. The Balaban J connectivity index is 0.00000361. The van der Waals surface area contributed by atoms with E-state index in [-0.39, 0.29) is 48.9 Å². The molecule has 4 atom stereocenters. The third-order valence-corrected chi connectivity index (χ3v) is 7.26. The summed E-state index contributed by atoms with van der Waals surface area (Å²) in [5.41, 5.74) is 3.14. The number of nitrogens with one attached hydrogen (secondary N) is 1. The maximum Gasteiger partial charge on any atom is 0.255 e. The first-order valence-corrected chi connectivity index (χ1v) is 11.1. The Kier molecular flexibility index (Phi) is 7.54. The van der Waals surface area contributed by atoms with E-state index >= 15 is 0 Å². The molecule has 1 amide bonds. The molecule has 1 aromatic rings. The van der Waals surface area contributed by atoms with Crippen LogP contribution in [0.15, 0.2) is 29.0 Å². The Bertz CT molecular complexity index is 1190. The number of fused-ring (bicyclic) bond motifs is 3. The van der Waals surface area contributed by atoms with Crippen molar-refractivity contribution in [2.24, 2.45) is 17.6 Å². The number of Topliss-reactive ketones (excluding diaryl/α,β-unsaturated/α-hetero) is 2. The van der Waals surface area contributed by atoms with Crippen molar-refractivity contribution in [3.05, 3.63) is 45.7 Å². The first-order valence-electron chi connectivity index (χ1n) is 11.1. The van der Waals surface area contributed by atoms with Gasteiger partial charge in [-0.25, -0.2) is 0 Å². The highest BCUT2D eigenvalue weighted by molar-refractivity contribution is 6.24. The van der Waals surface area contributed by atoms with Crippen molar-refractivity contribution in [1.29, 1.82) is 0 Å². The molecule has 11 nitrogen and oxygen atoms in total. The molecule has 3 unspecified atom stereocenters. The number of benzene rings is 1. The number of halogens is 1. The van der Waals surface area contributed by atoms with Crippen LogP contribution in [0.3, 0.4) is 0 Å². The van der Waals surface area contributed by atoms with Gasteiger partial charge >= 0.3 is 0 Å². The summed E-state index contributed by atoms with van der Waals surface area (Å²) in [5, 5.41) is 47.2. The van der Waals surface area contributed by atoms with Crippen molar-refractivity contribution in [2.75, 3.05) is 27.9 Å². The number of carbonyl (C=O) groups excluding carboxylic acids is 3. The van der Waals surface area contributed by atoms with E-state index in [0.29, 0.717) is 12.1 Å². The molecule has 1 aromatic carbocycles. The van der Waals surface area contributed by atoms with E-state index in [0.717, 1.165) is 5.56 Å². The molecule has 196 valence electrons. The van der Waals surface area contributed by atoms with Crippen molar-refractivity contribution < 1.29 is 39.5 Å². The van der Waals surface area contributed by atoms with Crippen molar-refractivity contribution in [1.82, 2.24) is 10.2 Å². The van der Waals surface area contributed by atoms with Crippen LogP contribution in [-0.4, -0.2) is 82.4 Å². The lowest BCUT2D eigenvalue weighted by Crippen LogP contribution is -2.65. The second kappa shape index (κ2) is 9.83. The van der Waals surface area contributed by atoms with Gasteiger partial charge in [-0.2, -0.15) is 0 Å². The van der Waals surface area contributed by atoms with Gasteiger partial charge in [-0.3, -0.25) is 24.6 Å². The molecule has 12 heteroatoms. The van der Waals surface area contributed by atoms with Crippen LogP contribution in [0.1, 0.15) is 23.1 Å². The lowest BCUT2D eigenvalue weighted by atomic mass is 9.57. The SMILES string of the molecule is COCNCc1ccc(O)c2c1CC1CC3C(N(C)C)C(=O)C(C(N)=O)=C(O)[C@@]3(O)C(=O)C1=C2O.Cl. The summed E-state index contributed by atoms with van der Waals surface area (Å²) < 4.78 is 5.01. The Hall–Kier alpha value is -2.96. The Morgan fingerprint density at radius 3 is 2.50 bits per heavy atom. The van der Waals surface area contributed by atoms with Gasteiger partial charge in [0.25, 0.3) is 5.91 Å². The molecule has 0 saturated heterocycles. The maximum absolute atomic E-state index is 13.7. The molecule has 36 heavy (non-hydrogen) atoms. The summed E-state index contributed by atoms with van der Waals surface area (Å²) >= 11 is 0. The smallest absolute Gasteiger partial charge is 0.255 e. The van der Waals surface area contributed by atoms with Crippen LogP contribution in [-0.2, 0) is 32.1 Å². The van der Waals surface area contributed by atoms with E-state index in [1.54, 1.807) is 20.2 Å². The van der Waals surface area contributed by atoms with Crippen LogP contribution in [0, 0.1) is 11.8 Å². The number of phenolic OH excluding ortho intramolecular Hbond substituents is 1. The first-order chi connectivity index (χ1) is 16.5. The number of ketones is 2. The molecule has 0 bridgehead atoms. The number of likely N-dealkylation sites (N-methyl/N-ethyl adjacent to an activating group) is 1. The van der Waals surface area contributed by atoms with E-state index in [4.69, 9.17) is 10.5 Å². The second-order valence-corrected chi connectivity index (χ2v) is 9.42. The molecule has 0 heterocycles. The average molecular weight is 524 g/mol. The minimum atomic E-state index is -2.64. The zero-order chi connectivity index (χ0) is 25.8. The van der Waals surface area contributed by atoms with E-state index in [9.17, 15) is 34.8 Å². The number of carbonyl (C=O) groups is 3. The lowest BCUT2D eigenvalue weighted by Gasteiger charge is -2.50. The van der Waals surface area contributed by atoms with E-state index in [2.05, 4.69) is 5.32 Å². The van der Waals surface area contributed by atoms with Gasteiger partial charge in [-0.05, 0) is 50.0 Å². The van der Waals surface area contributed by atoms with Crippen LogP contribution < -0.4 is 11.1 Å². The van der Waals surface area contributed by atoms with Gasteiger partial charge in [0.1, 0.15) is 22.8 Å². The minimum Gasteiger partial charge on any atom is -0.508 e. The van der Waals surface area contributed by atoms with Crippen LogP contribution in [0.25, 0.3) is 5.76 Å². The third-order valence-electron chi connectivity index (χ3n) is 7.26. The number of aromatic hydroxyl groups is 1. The molecular formula is C24H30ClN3O8. The number of rotatable bonds is 6. The third kappa shape index (κ3) is 3.87. The largest absolute Gasteiger partial charge is 0.508 e. The van der Waals surface area contributed by atoms with Crippen molar-refractivity contribution in [3.63, 3.8) is 0 Å². The molecule has 0 spiro atoms. The van der Waals surface area contributed by atoms with Gasteiger partial charge in [0.15, 0.2) is 11.4 Å². The monoisotopic (exact) mass is 523 g/mol. The summed E-state index contributed by atoms with van der Waals surface area (Å²) in [6.45, 7) is 0.650. The minimum absolute atomic E-state index is 0. The number of nitrogens with two attached hydrogens (primary N) is 1. The highest BCUT2D eigenvalue weighted by Crippen LogP contribution is 2.52. The molecule has 4 rings (SSSR count). The summed E-state index contributed by atoms with van der Waals surface area (Å²) in [5.74, 6) is -6.64. The van der Waals surface area contributed by atoms with Gasteiger partial charge in [-0.1, -0.05) is 6.07 Å². The Labute approximate surface area is 213 Å². The summed E-state index contributed by atoms with van der Waals surface area (Å²) in [6.07, 6.45) is 0.291. The molecule has 0 aliphatic heterocycles. The quantitative estimate of drug-likeness (QED) is 0.169. The van der Waals surface area contributed by atoms with Crippen LogP contribution in [0.4, 0.5) is 0 Å². The van der Waals surface area contributed by atoms with Gasteiger partial charge in [-0.15, -0.1) is 12.4 Å². The number of phenols is 1. The lowest BCUT2D eigenvalue weighted by molar-refractivity contribution is -0.153. The van der Waals surface area contributed by atoms with E-state index in [1.807, 2.05) is 0 Å². The number of methoxy groups -OCH3 is 1. The van der Waals surface area contributed by atoms with Crippen molar-refractivity contribution in [3.8, 4) is 5.75 Å². The van der Waals surface area contributed by atoms with Crippen LogP contribution >= 0.6 is 12.4 Å². The number of nitrogens with zero attached hydrogens (tertiary/aromatic N) is 1. The predicted molar refractivity (Wildman–Crippen MR) is 130 cm³/mol. The number of hydrogen-bond acceptors (Lipinski definition) is 10. The standard InChI is InChI=1S/C24H29N3O8.ClH/c1-27(2)18-13-7-11-6-12-10(8-26-9-35-3)4-5-14(28)16(12)19(29)15(11)21(31)24(13,34)22(32)17(20(18)30)23(25)33;/h4-5,11,13,18,26,28-29,32,34H,6-9H2,1-3H3,(H2,25,33);1H/t11?,13?,18?,24-;/m0./s1. The van der Waals surface area contributed by atoms with Crippen molar-refractivity contribution >= 4 is 35.6 Å². The molecular weight excluding hydrogens is 494 g/mol. The van der Waals surface area contributed by atoms with E-state index < -0.39 is 58.0 Å². The Morgan fingerprint density at radius 2 is 1.92 bits per heavy atom. The molecule has 7 N–H and O–H groups in total. The zero-order valence-electron chi connectivity index (χ0n) is 20.1. The molecule has 3 aliphatic rings. The fourth-order valence-corrected chi connectivity index (χ4v) is 5.76. The predicted octanol–water partition coefficient (Wildman–Crippen LogP) is 0.0793. The number of aliphatic hydroxyl groups excluding tert-OH is 2. The summed E-state index contributed by atoms with van der Waals surface area (Å²) in [6, 6.07) is 1.99. The number of ether oxygens (including phenoxy) is 1. The number of amides is 1. The number of aliphatic hydroxyl groups is 3. The maximum atomic E-state index is 13.7. The van der Waals surface area contributed by atoms with Crippen LogP contribution in [0.5, 0.6) is 5.75 Å². The number of primary amides is 1. The number of hydrogen-bond donors (Lipinski definition) is 6. The summed E-state index contributed by atoms with van der Waals surface area (Å²) in [7, 11) is 4.66. The normalized spacial score (nSPS) is 27.4. The first kappa shape index (κ1) is 27.6. The summed E-state index contributed by atoms with van der Waals surface area (Å²) in [4.78, 5) is 40.3. The zero-order valence-corrected chi connectivity index (χ0v) is 20.9.